The Morgan fingerprint density at radius 3 is 2.58 bits per heavy atom. The number of hydrogen-bond donors (Lipinski definition) is 2. The highest BCUT2D eigenvalue weighted by atomic mass is 35.5. The van der Waals surface area contributed by atoms with Gasteiger partial charge >= 0.3 is 0 Å². The van der Waals surface area contributed by atoms with Crippen molar-refractivity contribution in [2.75, 3.05) is 0 Å². The summed E-state index contributed by atoms with van der Waals surface area (Å²) in [7, 11) is 0. The molecule has 8 heteroatoms. The van der Waals surface area contributed by atoms with E-state index in [0.29, 0.717) is 26.4 Å². The van der Waals surface area contributed by atoms with Gasteiger partial charge in [-0.25, -0.2) is 5.43 Å². The van der Waals surface area contributed by atoms with E-state index in [1.54, 1.807) is 25.1 Å². The van der Waals surface area contributed by atoms with Gasteiger partial charge in [-0.3, -0.25) is 4.79 Å². The molecule has 0 radical (unpaired) electrons. The van der Waals surface area contributed by atoms with E-state index >= 15 is 0 Å². The molecule has 2 aromatic rings. The molecule has 2 N–H and O–H groups in total. The van der Waals surface area contributed by atoms with Crippen LogP contribution >= 0.6 is 34.8 Å². The number of phenolic OH excluding ortho intramolecular Hbond substituents is 1. The molecule has 0 aliphatic heterocycles. The molecule has 2 rings (SSSR count). The average Bonchev–Trinajstić information content (AvgIpc) is 2.53. The monoisotopic (exact) mass is 386 g/mol. The Hall–Kier alpha value is -1.95. The number of phenols is 1. The third-order valence-corrected chi connectivity index (χ3v) is 3.70. The molecule has 0 heterocycles. The minimum atomic E-state index is -0.839. The van der Waals surface area contributed by atoms with E-state index in [4.69, 9.17) is 39.5 Å². The molecule has 0 bridgehead atoms. The zero-order valence-corrected chi connectivity index (χ0v) is 14.7. The van der Waals surface area contributed by atoms with Crippen molar-refractivity contribution in [2.24, 2.45) is 5.10 Å². The summed E-state index contributed by atoms with van der Waals surface area (Å²) in [5.41, 5.74) is 2.68. The molecule has 0 unspecified atom stereocenters. The third-order valence-electron chi connectivity index (χ3n) is 2.93. The first-order chi connectivity index (χ1) is 11.4. The van der Waals surface area contributed by atoms with Gasteiger partial charge in [-0.05, 0) is 43.3 Å². The Kier molecular flexibility index (Phi) is 6.31. The van der Waals surface area contributed by atoms with Gasteiger partial charge in [-0.15, -0.1) is 0 Å². The fourth-order valence-corrected chi connectivity index (χ4v) is 2.33. The quantitative estimate of drug-likeness (QED) is 0.594. The first kappa shape index (κ1) is 18.4. The number of nitrogens with one attached hydrogen (secondary N) is 1. The average molecular weight is 388 g/mol. The number of hydrogen-bond acceptors (Lipinski definition) is 4. The smallest absolute Gasteiger partial charge is 0.280 e. The van der Waals surface area contributed by atoms with Crippen molar-refractivity contribution in [1.29, 1.82) is 0 Å². The molecular formula is C16H13Cl3N2O3. The zero-order valence-electron chi connectivity index (χ0n) is 12.5. The number of hydrazone groups is 1. The Bertz CT molecular complexity index is 781. The molecule has 5 nitrogen and oxygen atoms in total. The lowest BCUT2D eigenvalue weighted by molar-refractivity contribution is -0.127. The summed E-state index contributed by atoms with van der Waals surface area (Å²) in [4.78, 5) is 12.0. The van der Waals surface area contributed by atoms with Crippen molar-refractivity contribution >= 4 is 46.9 Å². The van der Waals surface area contributed by atoms with Crippen molar-refractivity contribution in [3.63, 3.8) is 0 Å². The van der Waals surface area contributed by atoms with Gasteiger partial charge in [0, 0.05) is 15.6 Å². The first-order valence-electron chi connectivity index (χ1n) is 6.80. The fourth-order valence-electron chi connectivity index (χ4n) is 1.70. The molecule has 2 aromatic carbocycles. The van der Waals surface area contributed by atoms with Crippen LogP contribution in [0.4, 0.5) is 0 Å². The summed E-state index contributed by atoms with van der Waals surface area (Å²) in [6.07, 6.45) is 0.440. The van der Waals surface area contributed by atoms with Crippen LogP contribution in [0.3, 0.4) is 0 Å². The van der Waals surface area contributed by atoms with Crippen LogP contribution in [0.2, 0.25) is 15.1 Å². The third kappa shape index (κ3) is 5.03. The topological polar surface area (TPSA) is 70.9 Å². The Morgan fingerprint density at radius 2 is 1.88 bits per heavy atom. The maximum Gasteiger partial charge on any atom is 0.280 e. The molecule has 0 aromatic heterocycles. The summed E-state index contributed by atoms with van der Waals surface area (Å²) >= 11 is 17.6. The summed E-state index contributed by atoms with van der Waals surface area (Å²) in [5.74, 6) is -0.159. The number of halogens is 3. The van der Waals surface area contributed by atoms with Crippen molar-refractivity contribution in [2.45, 2.75) is 13.0 Å². The van der Waals surface area contributed by atoms with Gasteiger partial charge in [0.05, 0.1) is 11.2 Å². The summed E-state index contributed by atoms with van der Waals surface area (Å²) in [6.45, 7) is 1.55. The standard InChI is InChI=1S/C16H13Cl3N2O3/c1-9(24-15-5-3-12(18)7-13(15)19)16(23)21-20-8-10-6-11(17)2-4-14(10)22/h2-9,22H,1H3,(H,21,23)/b20-8-/t9-/m0/s1. The van der Waals surface area contributed by atoms with E-state index in [0.717, 1.165) is 0 Å². The van der Waals surface area contributed by atoms with Gasteiger partial charge in [0.25, 0.3) is 5.91 Å². The molecule has 0 fully saturated rings. The van der Waals surface area contributed by atoms with Crippen LogP contribution in [-0.2, 0) is 4.79 Å². The number of amides is 1. The summed E-state index contributed by atoms with van der Waals surface area (Å²) in [5, 5.41) is 14.6. The predicted octanol–water partition coefficient (Wildman–Crippen LogP) is 4.27. The van der Waals surface area contributed by atoms with E-state index in [2.05, 4.69) is 10.5 Å². The van der Waals surface area contributed by atoms with Gasteiger partial charge in [0.15, 0.2) is 6.10 Å². The molecule has 0 saturated heterocycles. The van der Waals surface area contributed by atoms with Crippen LogP contribution in [0.25, 0.3) is 0 Å². The van der Waals surface area contributed by atoms with Crippen LogP contribution in [-0.4, -0.2) is 23.3 Å². The van der Waals surface area contributed by atoms with Gasteiger partial charge in [-0.1, -0.05) is 34.8 Å². The molecule has 126 valence electrons. The zero-order chi connectivity index (χ0) is 17.7. The van der Waals surface area contributed by atoms with E-state index in [1.165, 1.54) is 24.4 Å². The van der Waals surface area contributed by atoms with E-state index in [1.807, 2.05) is 0 Å². The van der Waals surface area contributed by atoms with Gasteiger partial charge < -0.3 is 9.84 Å². The van der Waals surface area contributed by atoms with E-state index in [-0.39, 0.29) is 5.75 Å². The molecule has 1 atom stereocenters. The van der Waals surface area contributed by atoms with Gasteiger partial charge in [0.1, 0.15) is 11.5 Å². The van der Waals surface area contributed by atoms with Crippen LogP contribution < -0.4 is 10.2 Å². The van der Waals surface area contributed by atoms with E-state index < -0.39 is 12.0 Å². The van der Waals surface area contributed by atoms with Gasteiger partial charge in [-0.2, -0.15) is 5.10 Å². The minimum absolute atomic E-state index is 0.00496. The highest BCUT2D eigenvalue weighted by molar-refractivity contribution is 6.35. The van der Waals surface area contributed by atoms with Gasteiger partial charge in [0.2, 0.25) is 0 Å². The Balaban J connectivity index is 1.96. The maximum atomic E-state index is 12.0. The summed E-state index contributed by atoms with van der Waals surface area (Å²) in [6, 6.07) is 9.18. The van der Waals surface area contributed by atoms with Crippen molar-refractivity contribution in [1.82, 2.24) is 5.43 Å². The van der Waals surface area contributed by atoms with E-state index in [9.17, 15) is 9.90 Å². The Labute approximate surface area is 153 Å². The van der Waals surface area contributed by atoms with Crippen LogP contribution in [0.1, 0.15) is 12.5 Å². The number of ether oxygens (including phenoxy) is 1. The molecule has 24 heavy (non-hydrogen) atoms. The molecule has 0 spiro atoms. The summed E-state index contributed by atoms with van der Waals surface area (Å²) < 4.78 is 5.46. The predicted molar refractivity (Wildman–Crippen MR) is 95.4 cm³/mol. The second-order valence-electron chi connectivity index (χ2n) is 4.77. The second-order valence-corrected chi connectivity index (χ2v) is 6.05. The second kappa shape index (κ2) is 8.24. The Morgan fingerprint density at radius 1 is 1.21 bits per heavy atom. The number of carbonyl (C=O) groups excluding carboxylic acids is 1. The van der Waals surface area contributed by atoms with Crippen LogP contribution in [0.5, 0.6) is 11.5 Å². The highest BCUT2D eigenvalue weighted by Crippen LogP contribution is 2.28. The first-order valence-corrected chi connectivity index (χ1v) is 7.93. The lowest BCUT2D eigenvalue weighted by atomic mass is 10.2. The lowest BCUT2D eigenvalue weighted by Gasteiger charge is -2.14. The van der Waals surface area contributed by atoms with Crippen LogP contribution in [0.15, 0.2) is 41.5 Å². The number of rotatable bonds is 5. The van der Waals surface area contributed by atoms with Crippen molar-refractivity contribution in [3.8, 4) is 11.5 Å². The minimum Gasteiger partial charge on any atom is -0.507 e. The number of carbonyl (C=O) groups is 1. The largest absolute Gasteiger partial charge is 0.507 e. The van der Waals surface area contributed by atoms with Crippen LogP contribution in [0, 0.1) is 0 Å². The maximum absolute atomic E-state index is 12.0. The number of aromatic hydroxyl groups is 1. The SMILES string of the molecule is C[C@H](Oc1ccc(Cl)cc1Cl)C(=O)N/N=C\c1cc(Cl)ccc1O. The molecule has 1 amide bonds. The molecule has 0 aliphatic carbocycles. The number of nitrogens with zero attached hydrogens (tertiary/aromatic N) is 1. The molecule has 0 aliphatic rings. The lowest BCUT2D eigenvalue weighted by Crippen LogP contribution is -2.33. The van der Waals surface area contributed by atoms with Crippen molar-refractivity contribution < 1.29 is 14.6 Å². The molecular weight excluding hydrogens is 375 g/mol. The highest BCUT2D eigenvalue weighted by Gasteiger charge is 2.15. The fraction of sp³-hybridized carbons (Fsp3) is 0.125. The van der Waals surface area contributed by atoms with Crippen molar-refractivity contribution in [3.05, 3.63) is 57.0 Å². The number of benzene rings is 2. The molecule has 0 saturated carbocycles. The normalized spacial score (nSPS) is 12.2.